The minimum absolute atomic E-state index is 0.304. The van der Waals surface area contributed by atoms with Crippen LogP contribution < -0.4 is 9.62 Å². The molecule has 0 aliphatic rings. The summed E-state index contributed by atoms with van der Waals surface area (Å²) in [5.74, 6) is 0. The highest BCUT2D eigenvalue weighted by molar-refractivity contribution is 7.92. The first kappa shape index (κ1) is 17.0. The van der Waals surface area contributed by atoms with Gasteiger partial charge in [-0.15, -0.1) is 11.3 Å². The summed E-state index contributed by atoms with van der Waals surface area (Å²) in [5, 5.41) is 5.61. The van der Waals surface area contributed by atoms with E-state index in [1.54, 1.807) is 18.4 Å². The summed E-state index contributed by atoms with van der Waals surface area (Å²) in [6.07, 6.45) is 1.20. The van der Waals surface area contributed by atoms with E-state index < -0.39 is 10.0 Å². The van der Waals surface area contributed by atoms with Gasteiger partial charge in [0, 0.05) is 24.5 Å². The third-order valence-corrected chi connectivity index (χ3v) is 6.11. The van der Waals surface area contributed by atoms with Gasteiger partial charge in [0.1, 0.15) is 0 Å². The molecule has 0 aliphatic carbocycles. The standard InChI is InChI=1S/C16H22N2O2S2/c1-12-9-10-21-16(12)13(2)17-11-14-5-7-15(8-6-14)18(3)22(4,19)20/h5-10,13,17H,11H2,1-4H3/t13-/m0/s1. The Morgan fingerprint density at radius 1 is 1.23 bits per heavy atom. The SMILES string of the molecule is Cc1ccsc1[C@H](C)NCc1ccc(N(C)S(C)(=O)=O)cc1. The number of aryl methyl sites for hydroxylation is 1. The van der Waals surface area contributed by atoms with Crippen LogP contribution in [0.3, 0.4) is 0 Å². The van der Waals surface area contributed by atoms with Crippen molar-refractivity contribution in [1.29, 1.82) is 0 Å². The van der Waals surface area contributed by atoms with Crippen molar-refractivity contribution in [2.45, 2.75) is 26.4 Å². The van der Waals surface area contributed by atoms with Crippen molar-refractivity contribution in [2.24, 2.45) is 0 Å². The molecule has 2 aromatic rings. The molecule has 0 aliphatic heterocycles. The number of nitrogens with one attached hydrogen (secondary N) is 1. The van der Waals surface area contributed by atoms with Gasteiger partial charge in [-0.2, -0.15) is 0 Å². The average Bonchev–Trinajstić information content (AvgIpc) is 2.90. The largest absolute Gasteiger partial charge is 0.305 e. The number of nitrogens with zero attached hydrogens (tertiary/aromatic N) is 1. The van der Waals surface area contributed by atoms with Gasteiger partial charge in [0.05, 0.1) is 11.9 Å². The summed E-state index contributed by atoms with van der Waals surface area (Å²) in [5.41, 5.74) is 3.12. The third kappa shape index (κ3) is 4.09. The van der Waals surface area contributed by atoms with Crippen molar-refractivity contribution in [3.63, 3.8) is 0 Å². The van der Waals surface area contributed by atoms with E-state index in [1.807, 2.05) is 24.3 Å². The second-order valence-corrected chi connectivity index (χ2v) is 8.43. The first-order valence-corrected chi connectivity index (χ1v) is 9.82. The van der Waals surface area contributed by atoms with Crippen molar-refractivity contribution in [2.75, 3.05) is 17.6 Å². The van der Waals surface area contributed by atoms with Crippen molar-refractivity contribution < 1.29 is 8.42 Å². The highest BCUT2D eigenvalue weighted by atomic mass is 32.2. The normalized spacial score (nSPS) is 13.1. The number of sulfonamides is 1. The van der Waals surface area contributed by atoms with Gasteiger partial charge in [0.2, 0.25) is 10.0 Å². The van der Waals surface area contributed by atoms with Crippen LogP contribution in [0.1, 0.15) is 29.0 Å². The van der Waals surface area contributed by atoms with Gasteiger partial charge in [-0.25, -0.2) is 8.42 Å². The fraction of sp³-hybridized carbons (Fsp3) is 0.375. The minimum atomic E-state index is -3.21. The van der Waals surface area contributed by atoms with Gasteiger partial charge in [-0.05, 0) is 48.6 Å². The summed E-state index contributed by atoms with van der Waals surface area (Å²) in [6, 6.07) is 10.0. The van der Waals surface area contributed by atoms with Crippen LogP contribution >= 0.6 is 11.3 Å². The molecule has 2 rings (SSSR count). The van der Waals surface area contributed by atoms with Crippen LogP contribution in [0.15, 0.2) is 35.7 Å². The summed E-state index contributed by atoms with van der Waals surface area (Å²) in [7, 11) is -1.65. The Kier molecular flexibility index (Phi) is 5.26. The van der Waals surface area contributed by atoms with Crippen molar-refractivity contribution >= 4 is 27.0 Å². The number of benzene rings is 1. The average molecular weight is 338 g/mol. The van der Waals surface area contributed by atoms with Crippen LogP contribution in [0.5, 0.6) is 0 Å². The van der Waals surface area contributed by atoms with E-state index >= 15 is 0 Å². The van der Waals surface area contributed by atoms with Crippen LogP contribution in [-0.2, 0) is 16.6 Å². The number of rotatable bonds is 6. The predicted molar refractivity (Wildman–Crippen MR) is 94.0 cm³/mol. The first-order valence-electron chi connectivity index (χ1n) is 7.09. The zero-order valence-electron chi connectivity index (χ0n) is 13.3. The van der Waals surface area contributed by atoms with E-state index in [0.29, 0.717) is 11.7 Å². The van der Waals surface area contributed by atoms with E-state index in [9.17, 15) is 8.42 Å². The Hall–Kier alpha value is -1.37. The topological polar surface area (TPSA) is 49.4 Å². The van der Waals surface area contributed by atoms with Gasteiger partial charge in [-0.1, -0.05) is 12.1 Å². The molecule has 1 aromatic carbocycles. The Balaban J connectivity index is 1.99. The molecule has 0 saturated carbocycles. The smallest absolute Gasteiger partial charge is 0.231 e. The maximum absolute atomic E-state index is 11.5. The van der Waals surface area contributed by atoms with Crippen LogP contribution in [0.4, 0.5) is 5.69 Å². The molecule has 1 atom stereocenters. The molecular weight excluding hydrogens is 316 g/mol. The molecule has 22 heavy (non-hydrogen) atoms. The van der Waals surface area contributed by atoms with Crippen molar-refractivity contribution in [3.8, 4) is 0 Å². The van der Waals surface area contributed by atoms with Gasteiger partial charge < -0.3 is 5.32 Å². The second-order valence-electron chi connectivity index (χ2n) is 5.47. The highest BCUT2D eigenvalue weighted by Gasteiger charge is 2.12. The zero-order valence-corrected chi connectivity index (χ0v) is 15.0. The minimum Gasteiger partial charge on any atom is -0.305 e. The highest BCUT2D eigenvalue weighted by Crippen LogP contribution is 2.24. The van der Waals surface area contributed by atoms with E-state index in [1.165, 1.54) is 21.0 Å². The second kappa shape index (κ2) is 6.81. The molecule has 0 spiro atoms. The molecule has 6 heteroatoms. The zero-order chi connectivity index (χ0) is 16.3. The quantitative estimate of drug-likeness (QED) is 0.879. The maximum Gasteiger partial charge on any atom is 0.231 e. The molecule has 0 bridgehead atoms. The number of anilines is 1. The maximum atomic E-state index is 11.5. The van der Waals surface area contributed by atoms with Crippen LogP contribution in [0.2, 0.25) is 0 Å². The monoisotopic (exact) mass is 338 g/mol. The Morgan fingerprint density at radius 2 is 1.86 bits per heavy atom. The lowest BCUT2D eigenvalue weighted by Gasteiger charge is -2.17. The lowest BCUT2D eigenvalue weighted by atomic mass is 10.1. The fourth-order valence-electron chi connectivity index (χ4n) is 2.21. The van der Waals surface area contributed by atoms with E-state index in [-0.39, 0.29) is 0 Å². The first-order chi connectivity index (χ1) is 10.3. The molecule has 1 aromatic heterocycles. The van der Waals surface area contributed by atoms with E-state index in [2.05, 4.69) is 30.6 Å². The van der Waals surface area contributed by atoms with Gasteiger partial charge in [-0.3, -0.25) is 4.31 Å². The van der Waals surface area contributed by atoms with E-state index in [0.717, 1.165) is 12.1 Å². The Labute approximate surface area is 136 Å². The molecule has 0 radical (unpaired) electrons. The van der Waals surface area contributed by atoms with E-state index in [4.69, 9.17) is 0 Å². The van der Waals surface area contributed by atoms with Gasteiger partial charge in [0.25, 0.3) is 0 Å². The predicted octanol–water partition coefficient (Wildman–Crippen LogP) is 3.30. The van der Waals surface area contributed by atoms with Gasteiger partial charge in [0.15, 0.2) is 0 Å². The number of hydrogen-bond donors (Lipinski definition) is 1. The van der Waals surface area contributed by atoms with Gasteiger partial charge >= 0.3 is 0 Å². The molecule has 4 nitrogen and oxygen atoms in total. The molecule has 0 fully saturated rings. The lowest BCUT2D eigenvalue weighted by Crippen LogP contribution is -2.24. The number of thiophene rings is 1. The van der Waals surface area contributed by atoms with Crippen molar-refractivity contribution in [3.05, 3.63) is 51.7 Å². The van der Waals surface area contributed by atoms with Crippen LogP contribution in [-0.4, -0.2) is 21.7 Å². The van der Waals surface area contributed by atoms with Crippen LogP contribution in [0, 0.1) is 6.92 Å². The summed E-state index contributed by atoms with van der Waals surface area (Å²) in [4.78, 5) is 1.36. The Bertz CT molecular complexity index is 721. The fourth-order valence-corrected chi connectivity index (χ4v) is 3.67. The molecule has 1 N–H and O–H groups in total. The Morgan fingerprint density at radius 3 is 2.36 bits per heavy atom. The van der Waals surface area contributed by atoms with Crippen molar-refractivity contribution in [1.82, 2.24) is 5.32 Å². The number of hydrogen-bond acceptors (Lipinski definition) is 4. The summed E-state index contributed by atoms with van der Waals surface area (Å²) >= 11 is 1.77. The lowest BCUT2D eigenvalue weighted by molar-refractivity contribution is 0.581. The summed E-state index contributed by atoms with van der Waals surface area (Å²) < 4.78 is 24.3. The summed E-state index contributed by atoms with van der Waals surface area (Å²) in [6.45, 7) is 5.03. The molecule has 0 saturated heterocycles. The molecule has 0 amide bonds. The molecule has 0 unspecified atom stereocenters. The molecule has 1 heterocycles. The molecule has 120 valence electrons. The molecular formula is C16H22N2O2S2. The third-order valence-electron chi connectivity index (χ3n) is 3.70. The van der Waals surface area contributed by atoms with Crippen LogP contribution in [0.25, 0.3) is 0 Å².